The largest absolute Gasteiger partial charge is 0.489 e. The molecule has 1 N–H and O–H groups in total. The first-order chi connectivity index (χ1) is 16.0. The number of carbonyl (C=O) groups excluding carboxylic acids is 2. The maximum atomic E-state index is 12.2. The number of aryl methyl sites for hydroxylation is 1. The Labute approximate surface area is 191 Å². The molecule has 1 saturated carbocycles. The zero-order chi connectivity index (χ0) is 23.2. The van der Waals surface area contributed by atoms with Gasteiger partial charge in [-0.1, -0.05) is 31.4 Å². The zero-order valence-electron chi connectivity index (χ0n) is 18.6. The second-order valence-electron chi connectivity index (χ2n) is 8.37. The highest BCUT2D eigenvalue weighted by atomic mass is 16.5. The monoisotopic (exact) mass is 449 g/mol. The summed E-state index contributed by atoms with van der Waals surface area (Å²) in [6.07, 6.45) is 5.42. The van der Waals surface area contributed by atoms with Crippen molar-refractivity contribution in [1.29, 1.82) is 0 Å². The van der Waals surface area contributed by atoms with Gasteiger partial charge in [-0.2, -0.15) is 0 Å². The van der Waals surface area contributed by atoms with E-state index in [-0.39, 0.29) is 25.2 Å². The molecule has 0 unspecified atom stereocenters. The molecule has 1 aliphatic carbocycles. The molecule has 4 rings (SSSR count). The fourth-order valence-electron chi connectivity index (χ4n) is 4.03. The molecule has 2 aromatic carbocycles. The van der Waals surface area contributed by atoms with Gasteiger partial charge in [-0.15, -0.1) is 0 Å². The van der Waals surface area contributed by atoms with Crippen LogP contribution in [0.15, 0.2) is 57.7 Å². The lowest BCUT2D eigenvalue weighted by atomic mass is 9.95. The standard InChI is InChI=1S/C26H27NO6/c1-17-13-25(29)33-23-14-21(11-12-22(17)23)31-15-18-7-9-19(10-8-18)26(30)32-16-24(28)27-20-5-3-2-4-6-20/h7-14,20H,2-6,15-16H2,1H3,(H,27,28). The van der Waals surface area contributed by atoms with E-state index < -0.39 is 11.6 Å². The van der Waals surface area contributed by atoms with E-state index >= 15 is 0 Å². The van der Waals surface area contributed by atoms with Crippen LogP contribution < -0.4 is 15.7 Å². The summed E-state index contributed by atoms with van der Waals surface area (Å²) in [4.78, 5) is 35.8. The number of carbonyl (C=O) groups is 2. The van der Waals surface area contributed by atoms with Crippen LogP contribution in [0.25, 0.3) is 11.0 Å². The van der Waals surface area contributed by atoms with Gasteiger partial charge < -0.3 is 19.2 Å². The third kappa shape index (κ3) is 6.00. The minimum Gasteiger partial charge on any atom is -0.489 e. The fourth-order valence-corrected chi connectivity index (χ4v) is 4.03. The average Bonchev–Trinajstić information content (AvgIpc) is 2.82. The number of hydrogen-bond donors (Lipinski definition) is 1. The average molecular weight is 450 g/mol. The van der Waals surface area contributed by atoms with E-state index in [9.17, 15) is 14.4 Å². The molecule has 0 spiro atoms. The third-order valence-electron chi connectivity index (χ3n) is 5.82. The highest BCUT2D eigenvalue weighted by Gasteiger charge is 2.17. The van der Waals surface area contributed by atoms with Gasteiger partial charge in [-0.25, -0.2) is 9.59 Å². The predicted octanol–water partition coefficient (Wildman–Crippen LogP) is 4.29. The third-order valence-corrected chi connectivity index (χ3v) is 5.82. The van der Waals surface area contributed by atoms with Crippen molar-refractivity contribution >= 4 is 22.8 Å². The molecule has 1 aromatic heterocycles. The molecule has 1 heterocycles. The molecule has 33 heavy (non-hydrogen) atoms. The van der Waals surface area contributed by atoms with E-state index in [1.54, 1.807) is 30.3 Å². The Bertz CT molecular complexity index is 1190. The molecule has 0 atom stereocenters. The molecule has 0 bridgehead atoms. The van der Waals surface area contributed by atoms with E-state index in [2.05, 4.69) is 5.32 Å². The van der Waals surface area contributed by atoms with Crippen molar-refractivity contribution in [2.75, 3.05) is 6.61 Å². The number of fused-ring (bicyclic) bond motifs is 1. The summed E-state index contributed by atoms with van der Waals surface area (Å²) >= 11 is 0. The summed E-state index contributed by atoms with van der Waals surface area (Å²) in [5, 5.41) is 3.79. The number of benzene rings is 2. The Kier molecular flexibility index (Phi) is 7.07. The molecule has 0 saturated heterocycles. The number of amides is 1. The topological polar surface area (TPSA) is 94.8 Å². The van der Waals surface area contributed by atoms with Crippen molar-refractivity contribution in [2.45, 2.75) is 51.7 Å². The van der Waals surface area contributed by atoms with Crippen LogP contribution >= 0.6 is 0 Å². The number of nitrogens with one attached hydrogen (secondary N) is 1. The zero-order valence-corrected chi connectivity index (χ0v) is 18.6. The second-order valence-corrected chi connectivity index (χ2v) is 8.37. The van der Waals surface area contributed by atoms with Crippen LogP contribution in [0.4, 0.5) is 0 Å². The number of rotatable bonds is 7. The van der Waals surface area contributed by atoms with E-state index in [0.29, 0.717) is 16.9 Å². The van der Waals surface area contributed by atoms with Crippen molar-refractivity contribution in [2.24, 2.45) is 0 Å². The van der Waals surface area contributed by atoms with Crippen molar-refractivity contribution < 1.29 is 23.5 Å². The van der Waals surface area contributed by atoms with Gasteiger partial charge in [-0.05, 0) is 55.2 Å². The first kappa shape index (κ1) is 22.6. The summed E-state index contributed by atoms with van der Waals surface area (Å²) in [5.41, 5.74) is 2.15. The number of hydrogen-bond acceptors (Lipinski definition) is 6. The van der Waals surface area contributed by atoms with Gasteiger partial charge in [0.15, 0.2) is 6.61 Å². The summed E-state index contributed by atoms with van der Waals surface area (Å²) in [5.74, 6) is -0.230. The summed E-state index contributed by atoms with van der Waals surface area (Å²) in [6, 6.07) is 13.8. The van der Waals surface area contributed by atoms with Gasteiger partial charge in [0, 0.05) is 23.6 Å². The molecule has 3 aromatic rings. The highest BCUT2D eigenvalue weighted by Crippen LogP contribution is 2.23. The normalized spacial score (nSPS) is 14.1. The second kappa shape index (κ2) is 10.3. The lowest BCUT2D eigenvalue weighted by Crippen LogP contribution is -2.38. The fraction of sp³-hybridized carbons (Fsp3) is 0.346. The lowest BCUT2D eigenvalue weighted by Gasteiger charge is -2.22. The quantitative estimate of drug-likeness (QED) is 0.427. The van der Waals surface area contributed by atoms with Crippen LogP contribution in [-0.4, -0.2) is 24.5 Å². The smallest absolute Gasteiger partial charge is 0.338 e. The van der Waals surface area contributed by atoms with Gasteiger partial charge >= 0.3 is 11.6 Å². The predicted molar refractivity (Wildman–Crippen MR) is 123 cm³/mol. The van der Waals surface area contributed by atoms with Crippen LogP contribution in [0.3, 0.4) is 0 Å². The van der Waals surface area contributed by atoms with Crippen LogP contribution in [0, 0.1) is 6.92 Å². The Morgan fingerprint density at radius 3 is 2.55 bits per heavy atom. The minimum absolute atomic E-state index is 0.187. The lowest BCUT2D eigenvalue weighted by molar-refractivity contribution is -0.125. The first-order valence-corrected chi connectivity index (χ1v) is 11.2. The number of esters is 1. The molecular formula is C26H27NO6. The summed E-state index contributed by atoms with van der Waals surface area (Å²) in [7, 11) is 0. The van der Waals surface area contributed by atoms with Crippen LogP contribution in [0.5, 0.6) is 5.75 Å². The molecule has 0 aliphatic heterocycles. The SMILES string of the molecule is Cc1cc(=O)oc2cc(OCc3ccc(C(=O)OCC(=O)NC4CCCCC4)cc3)ccc12. The van der Waals surface area contributed by atoms with Crippen molar-refractivity contribution in [3.63, 3.8) is 0 Å². The van der Waals surface area contributed by atoms with Crippen LogP contribution in [0.1, 0.15) is 53.6 Å². The Morgan fingerprint density at radius 1 is 1.03 bits per heavy atom. The van der Waals surface area contributed by atoms with Gasteiger partial charge in [-0.3, -0.25) is 4.79 Å². The molecule has 0 radical (unpaired) electrons. The number of ether oxygens (including phenoxy) is 2. The molecule has 7 nitrogen and oxygen atoms in total. The highest BCUT2D eigenvalue weighted by molar-refractivity contribution is 5.91. The molecule has 1 fully saturated rings. The molecule has 172 valence electrons. The molecular weight excluding hydrogens is 422 g/mol. The summed E-state index contributed by atoms with van der Waals surface area (Å²) < 4.78 is 16.2. The Morgan fingerprint density at radius 2 is 1.79 bits per heavy atom. The van der Waals surface area contributed by atoms with Crippen molar-refractivity contribution in [1.82, 2.24) is 5.32 Å². The van der Waals surface area contributed by atoms with E-state index in [1.807, 2.05) is 19.1 Å². The molecule has 1 aliphatic rings. The minimum atomic E-state index is -0.541. The van der Waals surface area contributed by atoms with Crippen molar-refractivity contribution in [3.05, 3.63) is 75.6 Å². The van der Waals surface area contributed by atoms with E-state index in [0.717, 1.165) is 42.2 Å². The van der Waals surface area contributed by atoms with Gasteiger partial charge in [0.1, 0.15) is 17.9 Å². The first-order valence-electron chi connectivity index (χ1n) is 11.2. The van der Waals surface area contributed by atoms with E-state index in [1.165, 1.54) is 12.5 Å². The van der Waals surface area contributed by atoms with Gasteiger partial charge in [0.25, 0.3) is 5.91 Å². The van der Waals surface area contributed by atoms with E-state index in [4.69, 9.17) is 13.9 Å². The van der Waals surface area contributed by atoms with Gasteiger partial charge in [0.05, 0.1) is 5.56 Å². The Balaban J connectivity index is 1.28. The molecule has 7 heteroatoms. The van der Waals surface area contributed by atoms with Crippen LogP contribution in [0.2, 0.25) is 0 Å². The molecule has 1 amide bonds. The summed E-state index contributed by atoms with van der Waals surface area (Å²) in [6.45, 7) is 1.86. The maximum absolute atomic E-state index is 12.2. The maximum Gasteiger partial charge on any atom is 0.338 e. The van der Waals surface area contributed by atoms with Crippen molar-refractivity contribution in [3.8, 4) is 5.75 Å². The van der Waals surface area contributed by atoms with Crippen LogP contribution in [-0.2, 0) is 16.1 Å². The Hall–Kier alpha value is -3.61. The van der Waals surface area contributed by atoms with Gasteiger partial charge in [0.2, 0.25) is 0 Å².